The zero-order chi connectivity index (χ0) is 14.0. The Morgan fingerprint density at radius 1 is 1.42 bits per heavy atom. The second-order valence-corrected chi connectivity index (χ2v) is 6.52. The van der Waals surface area contributed by atoms with Crippen molar-refractivity contribution in [2.45, 2.75) is 19.4 Å². The summed E-state index contributed by atoms with van der Waals surface area (Å²) >= 11 is 1.58. The van der Waals surface area contributed by atoms with Crippen molar-refractivity contribution in [1.82, 2.24) is 14.7 Å². The van der Waals surface area contributed by atoms with Gasteiger partial charge < -0.3 is 14.7 Å². The van der Waals surface area contributed by atoms with Crippen molar-refractivity contribution in [3.63, 3.8) is 0 Å². The van der Waals surface area contributed by atoms with Gasteiger partial charge in [-0.3, -0.25) is 9.59 Å². The quantitative estimate of drug-likeness (QED) is 0.746. The maximum Gasteiger partial charge on any atom is 0.242 e. The van der Waals surface area contributed by atoms with E-state index in [1.165, 1.54) is 0 Å². The fraction of sp³-hybridized carbons (Fsp3) is 0.846. The summed E-state index contributed by atoms with van der Waals surface area (Å²) in [5.74, 6) is 1.91. The third-order valence-electron chi connectivity index (χ3n) is 4.10. The maximum absolute atomic E-state index is 12.3. The van der Waals surface area contributed by atoms with Crippen molar-refractivity contribution in [3.8, 4) is 0 Å². The topological polar surface area (TPSA) is 43.9 Å². The molecule has 2 aliphatic rings. The summed E-state index contributed by atoms with van der Waals surface area (Å²) in [6.07, 6.45) is 1.09. The number of carbonyl (C=O) groups is 2. The number of likely N-dealkylation sites (N-methyl/N-ethyl adjacent to an activating group) is 1. The zero-order valence-electron chi connectivity index (χ0n) is 12.0. The molecule has 2 amide bonds. The minimum atomic E-state index is 0.0914. The van der Waals surface area contributed by atoms with Gasteiger partial charge in [-0.05, 0) is 20.0 Å². The van der Waals surface area contributed by atoms with E-state index in [1.807, 2.05) is 4.90 Å². The van der Waals surface area contributed by atoms with Crippen LogP contribution in [0.15, 0.2) is 0 Å². The van der Waals surface area contributed by atoms with E-state index in [4.69, 9.17) is 0 Å². The molecule has 2 atom stereocenters. The van der Waals surface area contributed by atoms with Gasteiger partial charge in [-0.2, -0.15) is 0 Å². The van der Waals surface area contributed by atoms with Crippen molar-refractivity contribution >= 4 is 23.6 Å². The molecule has 0 spiro atoms. The number of thioether (sulfide) groups is 1. The molecule has 0 saturated carbocycles. The minimum Gasteiger partial charge on any atom is -0.339 e. The van der Waals surface area contributed by atoms with E-state index in [0.717, 1.165) is 19.5 Å². The average molecular weight is 285 g/mol. The molecule has 108 valence electrons. The molecule has 2 rings (SSSR count). The molecule has 2 fully saturated rings. The van der Waals surface area contributed by atoms with Gasteiger partial charge in [-0.15, -0.1) is 11.8 Å². The Bertz CT molecular complexity index is 362. The second-order valence-electron chi connectivity index (χ2n) is 5.57. The van der Waals surface area contributed by atoms with E-state index < -0.39 is 0 Å². The number of nitrogens with zero attached hydrogens (tertiary/aromatic N) is 3. The molecule has 0 aliphatic carbocycles. The highest BCUT2D eigenvalue weighted by Gasteiger charge is 2.36. The van der Waals surface area contributed by atoms with Crippen LogP contribution in [-0.4, -0.2) is 77.9 Å². The summed E-state index contributed by atoms with van der Waals surface area (Å²) in [4.78, 5) is 29.6. The van der Waals surface area contributed by atoms with Gasteiger partial charge in [0.15, 0.2) is 0 Å². The van der Waals surface area contributed by atoms with Crippen LogP contribution in [0.5, 0.6) is 0 Å². The summed E-state index contributed by atoms with van der Waals surface area (Å²) in [6, 6.07) is 0.442. The number of hydrogen-bond acceptors (Lipinski definition) is 4. The lowest BCUT2D eigenvalue weighted by atomic mass is 10.0. The lowest BCUT2D eigenvalue weighted by molar-refractivity contribution is -0.137. The average Bonchev–Trinajstić information content (AvgIpc) is 2.96. The molecule has 2 aliphatic heterocycles. The normalized spacial score (nSPS) is 27.7. The molecule has 5 nitrogen and oxygen atoms in total. The summed E-state index contributed by atoms with van der Waals surface area (Å²) in [7, 11) is 4.14. The number of hydrogen-bond donors (Lipinski definition) is 0. The molecule has 0 aromatic carbocycles. The highest BCUT2D eigenvalue weighted by atomic mass is 32.2. The highest BCUT2D eigenvalue weighted by Crippen LogP contribution is 2.24. The van der Waals surface area contributed by atoms with Gasteiger partial charge in [-0.1, -0.05) is 13.3 Å². The molecule has 2 saturated heterocycles. The number of carbonyl (C=O) groups excluding carboxylic acids is 2. The largest absolute Gasteiger partial charge is 0.339 e. The van der Waals surface area contributed by atoms with Gasteiger partial charge in [0, 0.05) is 19.1 Å². The number of amides is 2. The highest BCUT2D eigenvalue weighted by molar-refractivity contribution is 8.00. The Morgan fingerprint density at radius 2 is 2.16 bits per heavy atom. The number of rotatable bonds is 4. The Morgan fingerprint density at radius 3 is 2.63 bits per heavy atom. The van der Waals surface area contributed by atoms with Crippen LogP contribution in [0.1, 0.15) is 13.3 Å². The van der Waals surface area contributed by atoms with Crippen LogP contribution in [0.25, 0.3) is 0 Å². The Kier molecular flexibility index (Phi) is 4.73. The summed E-state index contributed by atoms with van der Waals surface area (Å²) in [6.45, 7) is 4.05. The third kappa shape index (κ3) is 3.23. The van der Waals surface area contributed by atoms with Crippen molar-refractivity contribution in [3.05, 3.63) is 0 Å². The predicted octanol–water partition coefficient (Wildman–Crippen LogP) is 0.318. The number of likely N-dealkylation sites (tertiary alicyclic amines) is 1. The predicted molar refractivity (Wildman–Crippen MR) is 76.9 cm³/mol. The van der Waals surface area contributed by atoms with E-state index in [-0.39, 0.29) is 18.4 Å². The Balaban J connectivity index is 1.91. The molecule has 0 radical (unpaired) electrons. The first-order valence-corrected chi connectivity index (χ1v) is 7.98. The molecule has 19 heavy (non-hydrogen) atoms. The standard InChI is InChI=1S/C13H23N3O2S/c1-4-10-5-15(6-11(10)14(2)3)12(17)7-16-9-19-8-13(16)18/h10-11H,4-9H2,1-3H3/t10-,11+/m0/s1. The lowest BCUT2D eigenvalue weighted by Gasteiger charge is -2.24. The Labute approximate surface area is 119 Å². The summed E-state index contributed by atoms with van der Waals surface area (Å²) < 4.78 is 0. The first-order chi connectivity index (χ1) is 9.02. The molecule has 0 N–H and O–H groups in total. The van der Waals surface area contributed by atoms with Gasteiger partial charge in [-0.25, -0.2) is 0 Å². The van der Waals surface area contributed by atoms with Crippen LogP contribution in [-0.2, 0) is 9.59 Å². The van der Waals surface area contributed by atoms with Crippen molar-refractivity contribution in [2.24, 2.45) is 5.92 Å². The summed E-state index contributed by atoms with van der Waals surface area (Å²) in [5.41, 5.74) is 0. The SMILES string of the molecule is CC[C@H]1CN(C(=O)CN2CSCC2=O)C[C@H]1N(C)C. The molecule has 6 heteroatoms. The molecular formula is C13H23N3O2S. The molecule has 0 aromatic heterocycles. The second kappa shape index (κ2) is 6.13. The lowest BCUT2D eigenvalue weighted by Crippen LogP contribution is -2.41. The minimum absolute atomic E-state index is 0.0914. The van der Waals surface area contributed by atoms with E-state index in [0.29, 0.717) is 23.6 Å². The fourth-order valence-corrected chi connectivity index (χ4v) is 3.75. The van der Waals surface area contributed by atoms with Gasteiger partial charge >= 0.3 is 0 Å². The van der Waals surface area contributed by atoms with Crippen LogP contribution in [0.3, 0.4) is 0 Å². The van der Waals surface area contributed by atoms with E-state index in [9.17, 15) is 9.59 Å². The van der Waals surface area contributed by atoms with Crippen LogP contribution in [0.4, 0.5) is 0 Å². The van der Waals surface area contributed by atoms with Crippen LogP contribution in [0.2, 0.25) is 0 Å². The monoisotopic (exact) mass is 285 g/mol. The van der Waals surface area contributed by atoms with Crippen LogP contribution < -0.4 is 0 Å². The summed E-state index contributed by atoms with van der Waals surface area (Å²) in [5, 5.41) is 0. The molecule has 0 aromatic rings. The van der Waals surface area contributed by atoms with Crippen LogP contribution >= 0.6 is 11.8 Å². The first-order valence-electron chi connectivity index (χ1n) is 6.82. The van der Waals surface area contributed by atoms with Gasteiger partial charge in [0.1, 0.15) is 6.54 Å². The fourth-order valence-electron chi connectivity index (χ4n) is 2.85. The molecule has 0 bridgehead atoms. The van der Waals surface area contributed by atoms with Gasteiger partial charge in [0.05, 0.1) is 11.6 Å². The Hall–Kier alpha value is -0.750. The molecule has 0 unspecified atom stereocenters. The first kappa shape index (κ1) is 14.7. The van der Waals surface area contributed by atoms with E-state index in [2.05, 4.69) is 25.9 Å². The molecule has 2 heterocycles. The van der Waals surface area contributed by atoms with Gasteiger partial charge in [0.2, 0.25) is 11.8 Å². The van der Waals surface area contributed by atoms with Gasteiger partial charge in [0.25, 0.3) is 0 Å². The third-order valence-corrected chi connectivity index (χ3v) is 5.04. The maximum atomic E-state index is 12.3. The van der Waals surface area contributed by atoms with Crippen molar-refractivity contribution in [2.75, 3.05) is 45.4 Å². The van der Waals surface area contributed by atoms with Crippen molar-refractivity contribution < 1.29 is 9.59 Å². The van der Waals surface area contributed by atoms with E-state index in [1.54, 1.807) is 16.7 Å². The van der Waals surface area contributed by atoms with Crippen molar-refractivity contribution in [1.29, 1.82) is 0 Å². The zero-order valence-corrected chi connectivity index (χ0v) is 12.8. The molecular weight excluding hydrogens is 262 g/mol. The van der Waals surface area contributed by atoms with Crippen LogP contribution in [0, 0.1) is 5.92 Å². The van der Waals surface area contributed by atoms with E-state index >= 15 is 0 Å². The smallest absolute Gasteiger partial charge is 0.242 e.